The van der Waals surface area contributed by atoms with Crippen molar-refractivity contribution in [1.29, 1.82) is 0 Å². The van der Waals surface area contributed by atoms with Crippen LogP contribution in [-0.4, -0.2) is 22.1 Å². The van der Waals surface area contributed by atoms with Crippen LogP contribution in [0.15, 0.2) is 60.4 Å². The van der Waals surface area contributed by atoms with Gasteiger partial charge < -0.3 is 5.11 Å². The molecule has 3 aliphatic carbocycles. The van der Waals surface area contributed by atoms with Crippen molar-refractivity contribution in [2.45, 2.75) is 142 Å². The van der Waals surface area contributed by atoms with E-state index >= 15 is 0 Å². The van der Waals surface area contributed by atoms with Crippen LogP contribution in [0.3, 0.4) is 0 Å². The van der Waals surface area contributed by atoms with Crippen molar-refractivity contribution in [2.75, 3.05) is 0 Å². The molecule has 4 aromatic rings. The van der Waals surface area contributed by atoms with E-state index in [-0.39, 0.29) is 31.4 Å². The summed E-state index contributed by atoms with van der Waals surface area (Å²) in [6, 6.07) is 21.9. The van der Waals surface area contributed by atoms with E-state index in [1.165, 1.54) is 96.2 Å². The number of hydrogen-bond acceptors (Lipinski definition) is 3. The molecule has 1 radical (unpaired) electrons. The molecule has 1 N–H and O–H groups in total. The van der Waals surface area contributed by atoms with E-state index in [1.807, 2.05) is 0 Å². The largest absolute Gasteiger partial charge is 0.504 e. The van der Waals surface area contributed by atoms with E-state index in [1.54, 1.807) is 0 Å². The molecule has 3 fully saturated rings. The van der Waals surface area contributed by atoms with Crippen LogP contribution in [0.1, 0.15) is 139 Å². The quantitative estimate of drug-likeness (QED) is 0.126. The summed E-state index contributed by atoms with van der Waals surface area (Å²) in [5, 5.41) is 12.5. The Labute approximate surface area is 327 Å². The molecule has 3 nitrogen and oxygen atoms in total. The standard InChI is InChI=1S/C36H42N.C10H13F3O2.Ir/c1-24-19-25(2)34-30(26-13-17-36(18-14-26)15-9-6-10-16-36)23-32(37-33(34)20-24)28-21-27-11-7-8-12-29(27)31(22-28)35(3,4)5;11-10(12,13)9(15)6-8(14)7-4-2-1-3-5-7;/h7-8,11-12,19-20,22-23,26H,6,9-10,13-18H2,1-5H3;6-7,15H,1-5H2;/q-1;;. The van der Waals surface area contributed by atoms with E-state index in [4.69, 9.17) is 10.1 Å². The number of nitrogens with zero attached hydrogens (tertiary/aromatic N) is 1. The number of hydrogen-bond donors (Lipinski definition) is 1. The average Bonchev–Trinajstić information content (AvgIpc) is 3.11. The molecule has 3 aromatic carbocycles. The van der Waals surface area contributed by atoms with Crippen molar-refractivity contribution in [3.05, 3.63) is 88.7 Å². The molecule has 1 aromatic heterocycles. The Kier molecular flexibility index (Phi) is 13.0. The van der Waals surface area contributed by atoms with E-state index in [0.717, 1.165) is 36.0 Å². The summed E-state index contributed by atoms with van der Waals surface area (Å²) in [6.07, 6.45) is 12.2. The summed E-state index contributed by atoms with van der Waals surface area (Å²) >= 11 is 0. The average molecular weight is 903 g/mol. The molecule has 3 aliphatic rings. The minimum Gasteiger partial charge on any atom is -0.504 e. The Morgan fingerprint density at radius 2 is 1.51 bits per heavy atom. The second-order valence-corrected chi connectivity index (χ2v) is 17.1. The first-order valence-corrected chi connectivity index (χ1v) is 19.5. The fraction of sp³-hybridized carbons (Fsp3) is 0.522. The molecule has 7 heteroatoms. The van der Waals surface area contributed by atoms with Gasteiger partial charge in [-0.25, -0.2) is 0 Å². The SMILES string of the molecule is Cc1cc(C)c2c(C3CCC4(CCCCC4)CC3)cc(-c3[c-]c4ccccc4c(C(C)(C)C)c3)nc2c1.O=C(C=C(O)C(F)(F)F)C1CCCCC1.[Ir]. The summed E-state index contributed by atoms with van der Waals surface area (Å²) in [5.41, 5.74) is 9.63. The molecule has 0 saturated heterocycles. The number of pyridine rings is 1. The van der Waals surface area contributed by atoms with Crippen molar-refractivity contribution >= 4 is 27.5 Å². The second kappa shape index (κ2) is 16.8. The van der Waals surface area contributed by atoms with E-state index < -0.39 is 17.7 Å². The number of benzene rings is 3. The maximum Gasteiger partial charge on any atom is 0.448 e. The molecule has 1 spiro atoms. The van der Waals surface area contributed by atoms with Gasteiger partial charge in [0.25, 0.3) is 0 Å². The van der Waals surface area contributed by atoms with E-state index in [0.29, 0.717) is 30.3 Å². The summed E-state index contributed by atoms with van der Waals surface area (Å²) < 4.78 is 35.7. The van der Waals surface area contributed by atoms with Gasteiger partial charge in [0, 0.05) is 43.2 Å². The predicted octanol–water partition coefficient (Wildman–Crippen LogP) is 13.5. The van der Waals surface area contributed by atoms with Gasteiger partial charge >= 0.3 is 6.18 Å². The summed E-state index contributed by atoms with van der Waals surface area (Å²) in [5.74, 6) is -2.12. The molecule has 0 bridgehead atoms. The van der Waals surface area contributed by atoms with Gasteiger partial charge in [0.1, 0.15) is 0 Å². The Morgan fingerprint density at radius 3 is 2.15 bits per heavy atom. The number of carbonyl (C=O) groups is 1. The maximum absolute atomic E-state index is 11.9. The topological polar surface area (TPSA) is 50.2 Å². The first-order valence-electron chi connectivity index (χ1n) is 19.5. The minimum atomic E-state index is -4.82. The number of aliphatic hydroxyl groups is 1. The van der Waals surface area contributed by atoms with Gasteiger partial charge in [0.2, 0.25) is 5.76 Å². The Hall–Kier alpha value is -3.02. The number of fused-ring (bicyclic) bond motifs is 2. The zero-order valence-corrected chi connectivity index (χ0v) is 34.4. The number of halogens is 3. The molecule has 287 valence electrons. The van der Waals surface area contributed by atoms with Gasteiger partial charge in [0.05, 0.1) is 5.52 Å². The summed E-state index contributed by atoms with van der Waals surface area (Å²) in [6.45, 7) is 11.4. The first-order chi connectivity index (χ1) is 24.6. The molecule has 53 heavy (non-hydrogen) atoms. The predicted molar refractivity (Wildman–Crippen MR) is 207 cm³/mol. The third-order valence-electron chi connectivity index (χ3n) is 12.1. The second-order valence-electron chi connectivity index (χ2n) is 17.1. The number of aliphatic hydroxyl groups excluding tert-OH is 1. The van der Waals surface area contributed by atoms with Gasteiger partial charge in [-0.05, 0) is 105 Å². The van der Waals surface area contributed by atoms with Crippen LogP contribution >= 0.6 is 0 Å². The van der Waals surface area contributed by atoms with Crippen LogP contribution in [0.4, 0.5) is 13.2 Å². The molecular formula is C46H55F3IrNO2-. The van der Waals surface area contributed by atoms with Crippen LogP contribution in [-0.2, 0) is 30.3 Å². The molecule has 0 atom stereocenters. The number of alkyl halides is 3. The first kappa shape index (κ1) is 41.1. The number of rotatable bonds is 4. The molecular weight excluding hydrogens is 848 g/mol. The van der Waals surface area contributed by atoms with Gasteiger partial charge in [0.15, 0.2) is 5.78 Å². The van der Waals surface area contributed by atoms with Crippen LogP contribution in [0.5, 0.6) is 0 Å². The fourth-order valence-electron chi connectivity index (χ4n) is 9.30. The van der Waals surface area contributed by atoms with Crippen molar-refractivity contribution in [3.8, 4) is 11.3 Å². The van der Waals surface area contributed by atoms with Gasteiger partial charge in [-0.15, -0.1) is 29.1 Å². The Bertz CT molecular complexity index is 1930. The van der Waals surface area contributed by atoms with Gasteiger partial charge in [-0.1, -0.05) is 101 Å². The number of allylic oxidation sites excluding steroid dienone is 2. The third kappa shape index (κ3) is 9.62. The molecule has 0 aliphatic heterocycles. The molecule has 3 saturated carbocycles. The van der Waals surface area contributed by atoms with Crippen molar-refractivity contribution in [2.24, 2.45) is 11.3 Å². The minimum absolute atomic E-state index is 0. The molecule has 7 rings (SSSR count). The van der Waals surface area contributed by atoms with Crippen molar-refractivity contribution < 1.29 is 43.2 Å². The van der Waals surface area contributed by atoms with Crippen LogP contribution in [0, 0.1) is 31.2 Å². The Balaban J connectivity index is 0.000000287. The Morgan fingerprint density at radius 1 is 0.868 bits per heavy atom. The van der Waals surface area contributed by atoms with Gasteiger partial charge in [-0.3, -0.25) is 9.78 Å². The van der Waals surface area contributed by atoms with Crippen LogP contribution < -0.4 is 0 Å². The fourth-order valence-corrected chi connectivity index (χ4v) is 9.30. The molecule has 1 heterocycles. The number of ketones is 1. The summed E-state index contributed by atoms with van der Waals surface area (Å²) in [4.78, 5) is 16.6. The maximum atomic E-state index is 11.9. The zero-order valence-electron chi connectivity index (χ0n) is 32.0. The summed E-state index contributed by atoms with van der Waals surface area (Å²) in [7, 11) is 0. The zero-order chi connectivity index (χ0) is 37.3. The van der Waals surface area contributed by atoms with E-state index in [2.05, 4.69) is 89.2 Å². The van der Waals surface area contributed by atoms with Crippen molar-refractivity contribution in [3.63, 3.8) is 0 Å². The molecule has 0 unspecified atom stereocenters. The van der Waals surface area contributed by atoms with Gasteiger partial charge in [-0.2, -0.15) is 13.2 Å². The third-order valence-corrected chi connectivity index (χ3v) is 12.1. The normalized spacial score (nSPS) is 18.8. The number of aromatic nitrogens is 1. The smallest absolute Gasteiger partial charge is 0.448 e. The molecule has 0 amide bonds. The van der Waals surface area contributed by atoms with Crippen LogP contribution in [0.25, 0.3) is 32.9 Å². The number of carbonyl (C=O) groups excluding carboxylic acids is 1. The monoisotopic (exact) mass is 903 g/mol. The number of aryl methyl sites for hydroxylation is 2. The van der Waals surface area contributed by atoms with Crippen LogP contribution in [0.2, 0.25) is 0 Å². The van der Waals surface area contributed by atoms with Crippen molar-refractivity contribution in [1.82, 2.24) is 4.98 Å². The van der Waals surface area contributed by atoms with E-state index in [9.17, 15) is 18.0 Å².